The molecule has 0 spiro atoms. The molecule has 22 heavy (non-hydrogen) atoms. The fourth-order valence-electron chi connectivity index (χ4n) is 2.89. The molecule has 0 aliphatic carbocycles. The van der Waals surface area contributed by atoms with Crippen LogP contribution >= 0.6 is 0 Å². The summed E-state index contributed by atoms with van der Waals surface area (Å²) in [6, 6.07) is 3.47. The van der Waals surface area contributed by atoms with Gasteiger partial charge in [-0.15, -0.1) is 0 Å². The minimum absolute atomic E-state index is 0.148. The van der Waals surface area contributed by atoms with Crippen molar-refractivity contribution < 1.29 is 9.13 Å². The van der Waals surface area contributed by atoms with Gasteiger partial charge in [0.25, 0.3) is 0 Å². The Labute approximate surface area is 130 Å². The van der Waals surface area contributed by atoms with E-state index < -0.39 is 0 Å². The van der Waals surface area contributed by atoms with Crippen molar-refractivity contribution in [1.82, 2.24) is 10.2 Å². The molecule has 2 heterocycles. The van der Waals surface area contributed by atoms with E-state index in [-0.39, 0.29) is 11.9 Å². The summed E-state index contributed by atoms with van der Waals surface area (Å²) in [5, 5.41) is 3.31. The molecule has 5 heteroatoms. The number of benzene rings is 1. The molecule has 0 unspecified atom stereocenters. The molecule has 4 nitrogen and oxygen atoms in total. The van der Waals surface area contributed by atoms with Crippen LogP contribution in [0.25, 0.3) is 0 Å². The van der Waals surface area contributed by atoms with E-state index in [1.165, 1.54) is 6.07 Å². The summed E-state index contributed by atoms with van der Waals surface area (Å²) in [7, 11) is 0. The highest BCUT2D eigenvalue weighted by molar-refractivity contribution is 5.93. The molecule has 1 aromatic carbocycles. The zero-order valence-corrected chi connectivity index (χ0v) is 13.3. The number of nitrogens with zero attached hydrogens (tertiary/aromatic N) is 2. The number of hydrogen-bond acceptors (Lipinski definition) is 4. The molecule has 1 aromatic rings. The maximum Gasteiger partial charge on any atom is 0.129 e. The Bertz CT molecular complexity index is 625. The minimum Gasteiger partial charge on any atom is -0.493 e. The lowest BCUT2D eigenvalue weighted by Gasteiger charge is -2.27. The number of fused-ring (bicyclic) bond motifs is 1. The second kappa shape index (κ2) is 5.99. The van der Waals surface area contributed by atoms with Crippen LogP contribution in [0.2, 0.25) is 0 Å². The maximum atomic E-state index is 14.3. The molecule has 0 saturated heterocycles. The molecule has 0 radical (unpaired) electrons. The van der Waals surface area contributed by atoms with Crippen molar-refractivity contribution in [2.24, 2.45) is 4.99 Å². The lowest BCUT2D eigenvalue weighted by atomic mass is 9.98. The van der Waals surface area contributed by atoms with Gasteiger partial charge in [-0.25, -0.2) is 9.38 Å². The third-order valence-corrected chi connectivity index (χ3v) is 4.16. The fraction of sp³-hybridized carbons (Fsp3) is 0.471. The molecule has 0 bridgehead atoms. The van der Waals surface area contributed by atoms with Crippen molar-refractivity contribution in [2.45, 2.75) is 39.3 Å². The standard InChI is InChI=1S/C17H22FN3O/c1-11(2)21-8-6-16(19-10-21)20-12(3)17-13-7-9-22-15(13)5-4-14(17)18/h4-6,8,11-12H,7,9-10H2,1-3H3,(H,19,20)/t12-/m0/s1. The second-order valence-electron chi connectivity index (χ2n) is 6.01. The first kappa shape index (κ1) is 14.9. The summed E-state index contributed by atoms with van der Waals surface area (Å²) in [6.07, 6.45) is 4.73. The Morgan fingerprint density at radius 3 is 2.82 bits per heavy atom. The van der Waals surface area contributed by atoms with Crippen LogP contribution in [0.3, 0.4) is 0 Å². The van der Waals surface area contributed by atoms with E-state index in [1.54, 1.807) is 6.07 Å². The van der Waals surface area contributed by atoms with E-state index in [2.05, 4.69) is 29.1 Å². The van der Waals surface area contributed by atoms with Gasteiger partial charge in [0.15, 0.2) is 0 Å². The molecule has 0 fully saturated rings. The van der Waals surface area contributed by atoms with E-state index in [4.69, 9.17) is 4.74 Å². The van der Waals surface area contributed by atoms with Crippen LogP contribution in [-0.4, -0.2) is 30.1 Å². The smallest absolute Gasteiger partial charge is 0.129 e. The molecule has 1 atom stereocenters. The van der Waals surface area contributed by atoms with E-state index in [0.717, 1.165) is 23.6 Å². The number of aliphatic imine (C=N–C) groups is 1. The van der Waals surface area contributed by atoms with Crippen LogP contribution in [0.4, 0.5) is 4.39 Å². The molecule has 0 aromatic heterocycles. The summed E-state index contributed by atoms with van der Waals surface area (Å²) in [6.45, 7) is 7.47. The van der Waals surface area contributed by atoms with Crippen molar-refractivity contribution >= 4 is 5.84 Å². The zero-order chi connectivity index (χ0) is 15.7. The van der Waals surface area contributed by atoms with Crippen LogP contribution < -0.4 is 10.1 Å². The molecule has 118 valence electrons. The lowest BCUT2D eigenvalue weighted by molar-refractivity contribution is 0.317. The first-order valence-electron chi connectivity index (χ1n) is 7.75. The van der Waals surface area contributed by atoms with Gasteiger partial charge in [0, 0.05) is 29.8 Å². The average molecular weight is 303 g/mol. The SMILES string of the molecule is CC(C)N1C=CC(N[C@@H](C)c2c(F)ccc3c2CCO3)=NC1. The monoisotopic (exact) mass is 303 g/mol. The van der Waals surface area contributed by atoms with Gasteiger partial charge in [-0.05, 0) is 39.0 Å². The highest BCUT2D eigenvalue weighted by atomic mass is 19.1. The van der Waals surface area contributed by atoms with Crippen LogP contribution in [-0.2, 0) is 6.42 Å². The van der Waals surface area contributed by atoms with E-state index in [0.29, 0.717) is 24.9 Å². The molecule has 2 aliphatic heterocycles. The number of halogens is 1. The summed E-state index contributed by atoms with van der Waals surface area (Å²) in [5.74, 6) is 1.41. The van der Waals surface area contributed by atoms with Gasteiger partial charge in [0.2, 0.25) is 0 Å². The Morgan fingerprint density at radius 1 is 1.32 bits per heavy atom. The molecule has 3 rings (SSSR count). The van der Waals surface area contributed by atoms with Crippen molar-refractivity contribution in [1.29, 1.82) is 0 Å². The van der Waals surface area contributed by atoms with Crippen molar-refractivity contribution in [3.63, 3.8) is 0 Å². The first-order valence-corrected chi connectivity index (χ1v) is 7.75. The Morgan fingerprint density at radius 2 is 2.14 bits per heavy atom. The van der Waals surface area contributed by atoms with Crippen LogP contribution in [0.1, 0.15) is 37.9 Å². The lowest BCUT2D eigenvalue weighted by Crippen LogP contribution is -2.34. The number of amidine groups is 1. The van der Waals surface area contributed by atoms with Gasteiger partial charge in [-0.2, -0.15) is 0 Å². The normalized spacial score (nSPS) is 18.0. The van der Waals surface area contributed by atoms with Gasteiger partial charge in [0.05, 0.1) is 12.6 Å². The Kier molecular flexibility index (Phi) is 4.05. The Balaban J connectivity index is 1.75. The molecule has 1 N–H and O–H groups in total. The first-order chi connectivity index (χ1) is 10.6. The summed E-state index contributed by atoms with van der Waals surface area (Å²) < 4.78 is 19.8. The third kappa shape index (κ3) is 2.80. The minimum atomic E-state index is -0.187. The van der Waals surface area contributed by atoms with E-state index in [1.807, 2.05) is 19.2 Å². The van der Waals surface area contributed by atoms with Crippen molar-refractivity contribution in [3.8, 4) is 5.75 Å². The Hall–Kier alpha value is -2.04. The fourth-order valence-corrected chi connectivity index (χ4v) is 2.89. The van der Waals surface area contributed by atoms with Gasteiger partial charge in [0.1, 0.15) is 24.1 Å². The maximum absolute atomic E-state index is 14.3. The predicted octanol–water partition coefficient (Wildman–Crippen LogP) is 3.00. The second-order valence-corrected chi connectivity index (χ2v) is 6.01. The van der Waals surface area contributed by atoms with Crippen molar-refractivity contribution in [2.75, 3.05) is 13.3 Å². The van der Waals surface area contributed by atoms with Gasteiger partial charge in [-0.1, -0.05) is 0 Å². The summed E-state index contributed by atoms with van der Waals surface area (Å²) in [5.41, 5.74) is 1.67. The topological polar surface area (TPSA) is 36.9 Å². The van der Waals surface area contributed by atoms with E-state index in [9.17, 15) is 4.39 Å². The summed E-state index contributed by atoms with van der Waals surface area (Å²) >= 11 is 0. The quantitative estimate of drug-likeness (QED) is 0.932. The zero-order valence-electron chi connectivity index (χ0n) is 13.3. The highest BCUT2D eigenvalue weighted by Gasteiger charge is 2.23. The summed E-state index contributed by atoms with van der Waals surface area (Å²) in [4.78, 5) is 6.66. The van der Waals surface area contributed by atoms with Crippen molar-refractivity contribution in [3.05, 3.63) is 41.4 Å². The number of ether oxygens (including phenoxy) is 1. The van der Waals surface area contributed by atoms with Crippen LogP contribution in [0.5, 0.6) is 5.75 Å². The molecular weight excluding hydrogens is 281 g/mol. The number of rotatable bonds is 3. The highest BCUT2D eigenvalue weighted by Crippen LogP contribution is 2.33. The molecular formula is C17H22FN3O. The molecule has 0 amide bonds. The van der Waals surface area contributed by atoms with Crippen LogP contribution in [0, 0.1) is 5.82 Å². The third-order valence-electron chi connectivity index (χ3n) is 4.16. The van der Waals surface area contributed by atoms with Gasteiger partial charge >= 0.3 is 0 Å². The number of hydrogen-bond donors (Lipinski definition) is 1. The van der Waals surface area contributed by atoms with E-state index >= 15 is 0 Å². The van der Waals surface area contributed by atoms with Gasteiger partial charge in [-0.3, -0.25) is 0 Å². The van der Waals surface area contributed by atoms with Crippen LogP contribution in [0.15, 0.2) is 29.4 Å². The number of nitrogens with one attached hydrogen (secondary N) is 1. The van der Waals surface area contributed by atoms with Gasteiger partial charge < -0.3 is 15.0 Å². The predicted molar refractivity (Wildman–Crippen MR) is 85.6 cm³/mol. The molecule has 2 aliphatic rings. The molecule has 0 saturated carbocycles. The largest absolute Gasteiger partial charge is 0.493 e. The average Bonchev–Trinajstić information content (AvgIpc) is 2.95.